The Morgan fingerprint density at radius 1 is 1.61 bits per heavy atom. The largest absolute Gasteiger partial charge is 0.376 e. The lowest BCUT2D eigenvalue weighted by atomic mass is 9.80. The van der Waals surface area contributed by atoms with Crippen molar-refractivity contribution in [2.45, 2.75) is 31.8 Å². The van der Waals surface area contributed by atoms with E-state index < -0.39 is 4.92 Å². The van der Waals surface area contributed by atoms with Crippen molar-refractivity contribution in [1.29, 1.82) is 0 Å². The van der Waals surface area contributed by atoms with Crippen molar-refractivity contribution < 1.29 is 9.66 Å². The average Bonchev–Trinajstić information content (AvgIpc) is 2.52. The zero-order chi connectivity index (χ0) is 13.3. The highest BCUT2D eigenvalue weighted by Crippen LogP contribution is 2.36. The number of anilines is 1. The van der Waals surface area contributed by atoms with E-state index in [0.29, 0.717) is 18.1 Å². The Hall–Kier alpha value is -1.63. The molecule has 1 saturated carbocycles. The molecule has 7 heteroatoms. The van der Waals surface area contributed by atoms with Gasteiger partial charge in [-0.1, -0.05) is 0 Å². The number of methoxy groups -OCH3 is 1. The molecule has 0 unspecified atom stereocenters. The Morgan fingerprint density at radius 3 is 2.72 bits per heavy atom. The summed E-state index contributed by atoms with van der Waals surface area (Å²) in [6.07, 6.45) is 3.12. The molecule has 1 aromatic heterocycles. The van der Waals surface area contributed by atoms with Crippen molar-refractivity contribution in [2.75, 3.05) is 19.0 Å². The third-order valence-corrected chi connectivity index (χ3v) is 3.65. The van der Waals surface area contributed by atoms with Crippen LogP contribution in [0.3, 0.4) is 0 Å². The summed E-state index contributed by atoms with van der Waals surface area (Å²) >= 11 is 0. The molecule has 18 heavy (non-hydrogen) atoms. The quantitative estimate of drug-likeness (QED) is 0.637. The molecular weight excluding hydrogens is 236 g/mol. The van der Waals surface area contributed by atoms with Crippen LogP contribution in [-0.2, 0) is 11.8 Å². The van der Waals surface area contributed by atoms with E-state index in [1.807, 2.05) is 0 Å². The predicted molar refractivity (Wildman–Crippen MR) is 66.7 cm³/mol. The lowest BCUT2D eigenvalue weighted by Gasteiger charge is -2.40. The molecule has 2 rings (SSSR count). The fraction of sp³-hybridized carbons (Fsp3) is 0.727. The molecule has 0 saturated heterocycles. The van der Waals surface area contributed by atoms with E-state index in [0.717, 1.165) is 19.3 Å². The number of aryl methyl sites for hydroxylation is 2. The van der Waals surface area contributed by atoms with Gasteiger partial charge in [0.25, 0.3) is 0 Å². The minimum absolute atomic E-state index is 0.0445. The maximum Gasteiger partial charge on any atom is 0.333 e. The number of aromatic nitrogens is 2. The highest BCUT2D eigenvalue weighted by atomic mass is 16.6. The fourth-order valence-corrected chi connectivity index (χ4v) is 2.33. The summed E-state index contributed by atoms with van der Waals surface area (Å²) in [7, 11) is 3.38. The summed E-state index contributed by atoms with van der Waals surface area (Å²) in [5.41, 5.74) is 0.291. The summed E-state index contributed by atoms with van der Waals surface area (Å²) in [5, 5.41) is 18.2. The topological polar surface area (TPSA) is 82.2 Å². The highest BCUT2D eigenvalue weighted by molar-refractivity contribution is 5.59. The Kier molecular flexibility index (Phi) is 3.25. The molecule has 1 aliphatic carbocycles. The van der Waals surface area contributed by atoms with Crippen molar-refractivity contribution in [2.24, 2.45) is 7.05 Å². The summed E-state index contributed by atoms with van der Waals surface area (Å²) in [6.45, 7) is 2.21. The zero-order valence-corrected chi connectivity index (χ0v) is 10.9. The minimum atomic E-state index is -0.398. The van der Waals surface area contributed by atoms with Gasteiger partial charge in [0.2, 0.25) is 5.82 Å². The smallest absolute Gasteiger partial charge is 0.333 e. The second kappa shape index (κ2) is 4.56. The van der Waals surface area contributed by atoms with Crippen molar-refractivity contribution in [1.82, 2.24) is 9.78 Å². The Labute approximate surface area is 105 Å². The van der Waals surface area contributed by atoms with E-state index in [9.17, 15) is 10.1 Å². The molecule has 0 spiro atoms. The van der Waals surface area contributed by atoms with Crippen LogP contribution in [0.5, 0.6) is 0 Å². The molecule has 1 fully saturated rings. The number of rotatable bonds is 5. The lowest BCUT2D eigenvalue weighted by molar-refractivity contribution is -0.384. The van der Waals surface area contributed by atoms with Gasteiger partial charge >= 0.3 is 5.69 Å². The Bertz CT molecular complexity index is 460. The SMILES string of the molecule is COC1(CNc2c([N+](=O)[O-])c(C)nn2C)CCC1. The molecule has 7 nitrogen and oxygen atoms in total. The normalized spacial score (nSPS) is 17.3. The van der Waals surface area contributed by atoms with Crippen molar-refractivity contribution in [3.8, 4) is 0 Å². The van der Waals surface area contributed by atoms with E-state index in [4.69, 9.17) is 4.74 Å². The first-order valence-electron chi connectivity index (χ1n) is 5.96. The molecule has 100 valence electrons. The van der Waals surface area contributed by atoms with Crippen LogP contribution in [0.4, 0.5) is 11.5 Å². The number of hydrogen-bond acceptors (Lipinski definition) is 5. The molecule has 0 atom stereocenters. The van der Waals surface area contributed by atoms with Crippen LogP contribution in [-0.4, -0.2) is 34.0 Å². The molecule has 1 aromatic rings. The van der Waals surface area contributed by atoms with Gasteiger partial charge in [-0.15, -0.1) is 0 Å². The van der Waals surface area contributed by atoms with Gasteiger partial charge in [0, 0.05) is 20.7 Å². The van der Waals surface area contributed by atoms with Gasteiger partial charge in [-0.25, -0.2) is 4.68 Å². The second-order valence-electron chi connectivity index (χ2n) is 4.76. The van der Waals surface area contributed by atoms with Crippen molar-refractivity contribution in [3.05, 3.63) is 15.8 Å². The van der Waals surface area contributed by atoms with E-state index in [-0.39, 0.29) is 11.3 Å². The average molecular weight is 254 g/mol. The van der Waals surface area contributed by atoms with Crippen LogP contribution < -0.4 is 5.32 Å². The third kappa shape index (κ3) is 2.05. The monoisotopic (exact) mass is 254 g/mol. The molecule has 0 amide bonds. The maximum atomic E-state index is 11.0. The van der Waals surface area contributed by atoms with Crippen LogP contribution >= 0.6 is 0 Å². The van der Waals surface area contributed by atoms with E-state index in [1.54, 1.807) is 21.1 Å². The van der Waals surface area contributed by atoms with Crippen molar-refractivity contribution >= 4 is 11.5 Å². The van der Waals surface area contributed by atoms with Gasteiger partial charge in [-0.2, -0.15) is 5.10 Å². The predicted octanol–water partition coefficient (Wildman–Crippen LogP) is 1.62. The third-order valence-electron chi connectivity index (χ3n) is 3.65. The van der Waals surface area contributed by atoms with Gasteiger partial charge in [-0.05, 0) is 26.2 Å². The maximum absolute atomic E-state index is 11.0. The molecular formula is C11H18N4O3. The standard InChI is InChI=1S/C11H18N4O3/c1-8-9(15(16)17)10(14(2)13-8)12-7-11(18-3)5-4-6-11/h12H,4-7H2,1-3H3. The van der Waals surface area contributed by atoms with E-state index in [1.165, 1.54) is 4.68 Å². The van der Waals surface area contributed by atoms with Gasteiger partial charge in [0.15, 0.2) is 0 Å². The van der Waals surface area contributed by atoms with Crippen LogP contribution in [0, 0.1) is 17.0 Å². The summed E-state index contributed by atoms with van der Waals surface area (Å²) in [5.74, 6) is 0.445. The molecule has 0 aromatic carbocycles. The van der Waals surface area contributed by atoms with E-state index in [2.05, 4.69) is 10.4 Å². The molecule has 0 radical (unpaired) electrons. The van der Waals surface area contributed by atoms with Crippen LogP contribution in [0.15, 0.2) is 0 Å². The molecule has 0 aliphatic heterocycles. The zero-order valence-electron chi connectivity index (χ0n) is 10.9. The first-order chi connectivity index (χ1) is 8.49. The van der Waals surface area contributed by atoms with Crippen LogP contribution in [0.2, 0.25) is 0 Å². The second-order valence-corrected chi connectivity index (χ2v) is 4.76. The number of ether oxygens (including phenoxy) is 1. The number of nitrogens with zero attached hydrogens (tertiary/aromatic N) is 3. The molecule has 1 heterocycles. The Morgan fingerprint density at radius 2 is 2.28 bits per heavy atom. The van der Waals surface area contributed by atoms with Gasteiger partial charge in [-0.3, -0.25) is 10.1 Å². The summed E-state index contributed by atoms with van der Waals surface area (Å²) in [6, 6.07) is 0. The first kappa shape index (κ1) is 12.8. The highest BCUT2D eigenvalue weighted by Gasteiger charge is 2.37. The lowest BCUT2D eigenvalue weighted by Crippen LogP contribution is -2.45. The molecule has 0 bridgehead atoms. The summed E-state index contributed by atoms with van der Waals surface area (Å²) in [4.78, 5) is 10.6. The molecule has 1 aliphatic rings. The molecule has 1 N–H and O–H groups in total. The minimum Gasteiger partial charge on any atom is -0.376 e. The van der Waals surface area contributed by atoms with Crippen molar-refractivity contribution in [3.63, 3.8) is 0 Å². The van der Waals surface area contributed by atoms with Gasteiger partial charge in [0.05, 0.1) is 10.5 Å². The Balaban J connectivity index is 2.16. The van der Waals surface area contributed by atoms with Crippen LogP contribution in [0.1, 0.15) is 25.0 Å². The van der Waals surface area contributed by atoms with E-state index >= 15 is 0 Å². The first-order valence-corrected chi connectivity index (χ1v) is 5.96. The number of nitro groups is 1. The van der Waals surface area contributed by atoms with Gasteiger partial charge < -0.3 is 10.1 Å². The van der Waals surface area contributed by atoms with Crippen LogP contribution in [0.25, 0.3) is 0 Å². The summed E-state index contributed by atoms with van der Waals surface area (Å²) < 4.78 is 6.99. The number of hydrogen-bond donors (Lipinski definition) is 1. The fourth-order valence-electron chi connectivity index (χ4n) is 2.33. The van der Waals surface area contributed by atoms with Gasteiger partial charge in [0.1, 0.15) is 5.69 Å². The number of nitrogens with one attached hydrogen (secondary N) is 1.